The number of aliphatic carboxylic acids is 3. The van der Waals surface area contributed by atoms with Gasteiger partial charge in [0, 0.05) is 23.5 Å². The SMILES string of the molecule is NC(=O)CCC(NC(=O)C(N)Cc1c[nH]c2ccccc12)C(=O)NC(CC(=O)O)C(=O)NC(CC(=O)O)C(=O)O. The zero-order valence-corrected chi connectivity index (χ0v) is 21.1. The Morgan fingerprint density at radius 1 is 0.800 bits per heavy atom. The maximum atomic E-state index is 13.0. The summed E-state index contributed by atoms with van der Waals surface area (Å²) in [5, 5.41) is 34.3. The van der Waals surface area contributed by atoms with Gasteiger partial charge >= 0.3 is 17.9 Å². The molecule has 2 rings (SSSR count). The number of fused-ring (bicyclic) bond motifs is 1. The molecule has 2 aromatic rings. The molecule has 0 spiro atoms. The van der Waals surface area contributed by atoms with Gasteiger partial charge in [0.1, 0.15) is 18.1 Å². The highest BCUT2D eigenvalue weighted by molar-refractivity contribution is 5.96. The number of amides is 4. The number of rotatable bonds is 16. The number of para-hydroxylation sites is 1. The first-order valence-corrected chi connectivity index (χ1v) is 11.9. The lowest BCUT2D eigenvalue weighted by Crippen LogP contribution is -2.57. The van der Waals surface area contributed by atoms with Crippen molar-refractivity contribution >= 4 is 52.4 Å². The minimum Gasteiger partial charge on any atom is -0.481 e. The summed E-state index contributed by atoms with van der Waals surface area (Å²) in [4.78, 5) is 86.3. The summed E-state index contributed by atoms with van der Waals surface area (Å²) in [6, 6.07) is 0.898. The van der Waals surface area contributed by atoms with E-state index in [0.717, 1.165) is 16.5 Å². The van der Waals surface area contributed by atoms with Crippen LogP contribution in [0.15, 0.2) is 30.5 Å². The monoisotopic (exact) mass is 562 g/mol. The van der Waals surface area contributed by atoms with Crippen LogP contribution in [0.5, 0.6) is 0 Å². The van der Waals surface area contributed by atoms with Crippen LogP contribution in [0.1, 0.15) is 31.2 Å². The number of hydrogen-bond donors (Lipinski definition) is 9. The summed E-state index contributed by atoms with van der Waals surface area (Å²) < 4.78 is 0. The van der Waals surface area contributed by atoms with Gasteiger partial charge in [-0.25, -0.2) is 4.79 Å². The molecule has 0 aliphatic rings. The van der Waals surface area contributed by atoms with E-state index in [1.807, 2.05) is 23.5 Å². The number of primary amides is 1. The molecule has 1 heterocycles. The Bertz CT molecular complexity index is 1290. The summed E-state index contributed by atoms with van der Waals surface area (Å²) >= 11 is 0. The fourth-order valence-electron chi connectivity index (χ4n) is 3.77. The number of carbonyl (C=O) groups is 7. The summed E-state index contributed by atoms with van der Waals surface area (Å²) in [5.74, 6) is -8.78. The van der Waals surface area contributed by atoms with Crippen LogP contribution in [-0.2, 0) is 40.0 Å². The maximum Gasteiger partial charge on any atom is 0.326 e. The fraction of sp³-hybridized carbons (Fsp3) is 0.375. The minimum absolute atomic E-state index is 0.0736. The van der Waals surface area contributed by atoms with Gasteiger partial charge in [-0.2, -0.15) is 0 Å². The Morgan fingerprint density at radius 2 is 1.35 bits per heavy atom. The van der Waals surface area contributed by atoms with Gasteiger partial charge in [0.2, 0.25) is 23.6 Å². The zero-order chi connectivity index (χ0) is 30.0. The fourth-order valence-corrected chi connectivity index (χ4v) is 3.77. The van der Waals surface area contributed by atoms with E-state index in [2.05, 4.69) is 15.6 Å². The molecular weight excluding hydrogens is 532 g/mol. The molecule has 0 fully saturated rings. The summed E-state index contributed by atoms with van der Waals surface area (Å²) in [7, 11) is 0. The van der Waals surface area contributed by atoms with Crippen molar-refractivity contribution in [2.24, 2.45) is 11.5 Å². The van der Waals surface area contributed by atoms with Crippen molar-refractivity contribution in [1.29, 1.82) is 0 Å². The Morgan fingerprint density at radius 3 is 1.95 bits per heavy atom. The lowest BCUT2D eigenvalue weighted by Gasteiger charge is -2.24. The highest BCUT2D eigenvalue weighted by atomic mass is 16.4. The van der Waals surface area contributed by atoms with Gasteiger partial charge in [0.05, 0.1) is 18.9 Å². The topological polar surface area (TPSA) is 284 Å². The lowest BCUT2D eigenvalue weighted by atomic mass is 10.0. The Balaban J connectivity index is 2.17. The highest BCUT2D eigenvalue weighted by Gasteiger charge is 2.32. The van der Waals surface area contributed by atoms with Crippen molar-refractivity contribution in [3.63, 3.8) is 0 Å². The average molecular weight is 563 g/mol. The molecule has 0 bridgehead atoms. The maximum absolute atomic E-state index is 13.0. The molecule has 0 aliphatic carbocycles. The molecule has 11 N–H and O–H groups in total. The van der Waals surface area contributed by atoms with E-state index < -0.39 is 78.5 Å². The van der Waals surface area contributed by atoms with Gasteiger partial charge in [-0.15, -0.1) is 0 Å². The third kappa shape index (κ3) is 9.39. The van der Waals surface area contributed by atoms with Crippen molar-refractivity contribution in [3.8, 4) is 0 Å². The van der Waals surface area contributed by atoms with Crippen LogP contribution in [0, 0.1) is 0 Å². The van der Waals surface area contributed by atoms with Crippen LogP contribution in [-0.4, -0.2) is 86.0 Å². The lowest BCUT2D eigenvalue weighted by molar-refractivity contribution is -0.148. The molecule has 4 atom stereocenters. The molecule has 0 radical (unpaired) electrons. The number of aromatic nitrogens is 1. The summed E-state index contributed by atoms with van der Waals surface area (Å²) in [5.41, 5.74) is 12.7. The zero-order valence-electron chi connectivity index (χ0n) is 21.1. The molecular formula is C24H30N6O10. The molecule has 1 aromatic heterocycles. The number of carbonyl (C=O) groups excluding carboxylic acids is 4. The number of hydrogen-bond acceptors (Lipinski definition) is 8. The largest absolute Gasteiger partial charge is 0.481 e. The Labute approximate surface area is 226 Å². The number of benzene rings is 1. The van der Waals surface area contributed by atoms with Crippen molar-refractivity contribution in [2.45, 2.75) is 56.3 Å². The molecule has 0 saturated heterocycles. The van der Waals surface area contributed by atoms with Crippen LogP contribution >= 0.6 is 0 Å². The molecule has 4 unspecified atom stereocenters. The normalized spacial score (nSPS) is 13.8. The van der Waals surface area contributed by atoms with Gasteiger partial charge in [0.15, 0.2) is 0 Å². The van der Waals surface area contributed by atoms with Crippen LogP contribution in [0.25, 0.3) is 10.9 Å². The van der Waals surface area contributed by atoms with Gasteiger partial charge < -0.3 is 47.7 Å². The molecule has 216 valence electrons. The number of aromatic amines is 1. The van der Waals surface area contributed by atoms with E-state index in [1.165, 1.54) is 0 Å². The Hall–Kier alpha value is -4.99. The number of carboxylic acids is 3. The van der Waals surface area contributed by atoms with E-state index in [9.17, 15) is 38.7 Å². The van der Waals surface area contributed by atoms with Crippen LogP contribution < -0.4 is 27.4 Å². The third-order valence-electron chi connectivity index (χ3n) is 5.77. The second kappa shape index (κ2) is 14.2. The van der Waals surface area contributed by atoms with Gasteiger partial charge in [0.25, 0.3) is 0 Å². The van der Waals surface area contributed by atoms with Crippen molar-refractivity contribution in [1.82, 2.24) is 20.9 Å². The first kappa shape index (κ1) is 31.2. The average Bonchev–Trinajstić information content (AvgIpc) is 3.27. The van der Waals surface area contributed by atoms with Crippen LogP contribution in [0.3, 0.4) is 0 Å². The quantitative estimate of drug-likeness (QED) is 0.106. The predicted molar refractivity (Wildman–Crippen MR) is 136 cm³/mol. The highest BCUT2D eigenvalue weighted by Crippen LogP contribution is 2.18. The first-order valence-electron chi connectivity index (χ1n) is 11.9. The van der Waals surface area contributed by atoms with Crippen molar-refractivity contribution in [3.05, 3.63) is 36.0 Å². The van der Waals surface area contributed by atoms with Gasteiger partial charge in [-0.1, -0.05) is 18.2 Å². The number of nitrogens with one attached hydrogen (secondary N) is 4. The number of nitrogens with two attached hydrogens (primary N) is 2. The van der Waals surface area contributed by atoms with Gasteiger partial charge in [-0.3, -0.25) is 28.8 Å². The first-order chi connectivity index (χ1) is 18.8. The van der Waals surface area contributed by atoms with Crippen LogP contribution in [0.2, 0.25) is 0 Å². The Kier molecular flexibility index (Phi) is 11.1. The molecule has 1 aromatic carbocycles. The minimum atomic E-state index is -1.91. The third-order valence-corrected chi connectivity index (χ3v) is 5.77. The molecule has 0 saturated carbocycles. The van der Waals surface area contributed by atoms with Gasteiger partial charge in [-0.05, 0) is 24.5 Å². The van der Waals surface area contributed by atoms with Crippen LogP contribution in [0.4, 0.5) is 0 Å². The second-order valence-electron chi connectivity index (χ2n) is 8.89. The van der Waals surface area contributed by atoms with E-state index in [4.69, 9.17) is 21.7 Å². The smallest absolute Gasteiger partial charge is 0.326 e. The second-order valence-corrected chi connectivity index (χ2v) is 8.89. The molecule has 4 amide bonds. The van der Waals surface area contributed by atoms with E-state index in [-0.39, 0.29) is 19.3 Å². The predicted octanol–water partition coefficient (Wildman–Crippen LogP) is -2.21. The molecule has 40 heavy (non-hydrogen) atoms. The van der Waals surface area contributed by atoms with Crippen molar-refractivity contribution in [2.75, 3.05) is 0 Å². The molecule has 16 nitrogen and oxygen atoms in total. The molecule has 0 aliphatic heterocycles. The van der Waals surface area contributed by atoms with E-state index in [0.29, 0.717) is 0 Å². The molecule has 16 heteroatoms. The number of H-pyrrole nitrogens is 1. The van der Waals surface area contributed by atoms with E-state index in [1.54, 1.807) is 12.3 Å². The summed E-state index contributed by atoms with van der Waals surface area (Å²) in [6.45, 7) is 0. The standard InChI is InChI=1S/C24H30N6O10/c25-13(7-11-10-27-14-4-2-1-3-12(11)14)21(36)28-15(5-6-18(26)31)22(37)29-16(8-19(32)33)23(38)30-17(24(39)40)9-20(34)35/h1-4,10,13,15-17,27H,5-9,25H2,(H2,26,31)(H,28,36)(H,29,37)(H,30,38)(H,32,33)(H,34,35)(H,39,40). The summed E-state index contributed by atoms with van der Waals surface area (Å²) in [6.07, 6.45) is -0.965. The number of carboxylic acid groups (broad SMARTS) is 3. The van der Waals surface area contributed by atoms with E-state index >= 15 is 0 Å². The van der Waals surface area contributed by atoms with Crippen molar-refractivity contribution < 1.29 is 48.9 Å².